The van der Waals surface area contributed by atoms with Crippen LogP contribution in [0.25, 0.3) is 10.9 Å². The second-order valence-electron chi connectivity index (χ2n) is 9.66. The average Bonchev–Trinajstić information content (AvgIpc) is 3.42. The number of tetrazole rings is 1. The number of benzene rings is 3. The second kappa shape index (κ2) is 12.6. The van der Waals surface area contributed by atoms with Crippen molar-refractivity contribution in [2.45, 2.75) is 45.9 Å². The Hall–Kier alpha value is -4.50. The molecule has 0 saturated heterocycles. The molecule has 0 saturated carbocycles. The first-order valence-electron chi connectivity index (χ1n) is 13.5. The minimum atomic E-state index is -0.127. The summed E-state index contributed by atoms with van der Waals surface area (Å²) in [7, 11) is 1.65. The standard InChI is InChI=1S/C31H34N6O3/c1-4-29(30-33-34-35-37(30)20-23-11-13-26(39-3)14-12-23)36(19-22-9-7-6-8-10-22)21-25-17-24-18-27(40-5-2)15-16-28(24)32-31(25)38/h6-18,29H,4-5,19-21H2,1-3H3,(H,32,38)/t29-/m0/s1. The molecule has 2 aromatic heterocycles. The van der Waals surface area contributed by atoms with E-state index < -0.39 is 0 Å². The molecular formula is C31H34N6O3. The normalized spacial score (nSPS) is 12.1. The van der Waals surface area contributed by atoms with E-state index in [1.807, 2.05) is 78.3 Å². The van der Waals surface area contributed by atoms with Gasteiger partial charge in [-0.25, -0.2) is 4.68 Å². The molecule has 0 amide bonds. The monoisotopic (exact) mass is 538 g/mol. The molecule has 1 N–H and O–H groups in total. The van der Waals surface area contributed by atoms with Crippen LogP contribution in [0, 0.1) is 0 Å². The predicted octanol–water partition coefficient (Wildman–Crippen LogP) is 5.12. The molecule has 0 aliphatic rings. The Kier molecular flexibility index (Phi) is 8.51. The molecule has 1 atom stereocenters. The highest BCUT2D eigenvalue weighted by atomic mass is 16.5. The maximum atomic E-state index is 13.2. The third kappa shape index (κ3) is 6.21. The van der Waals surface area contributed by atoms with E-state index in [9.17, 15) is 4.79 Å². The molecule has 0 radical (unpaired) electrons. The number of pyridine rings is 1. The van der Waals surface area contributed by atoms with Gasteiger partial charge in [0.1, 0.15) is 11.5 Å². The van der Waals surface area contributed by atoms with Crippen LogP contribution in [-0.4, -0.2) is 43.8 Å². The van der Waals surface area contributed by atoms with Crippen LogP contribution in [0.15, 0.2) is 83.7 Å². The topological polar surface area (TPSA) is 98.2 Å². The lowest BCUT2D eigenvalue weighted by atomic mass is 10.1. The molecule has 40 heavy (non-hydrogen) atoms. The van der Waals surface area contributed by atoms with Crippen LogP contribution in [0.1, 0.15) is 48.8 Å². The van der Waals surface area contributed by atoms with Gasteiger partial charge in [-0.15, -0.1) is 5.10 Å². The van der Waals surface area contributed by atoms with Crippen LogP contribution in [0.5, 0.6) is 11.5 Å². The summed E-state index contributed by atoms with van der Waals surface area (Å²) in [6, 6.07) is 25.7. The van der Waals surface area contributed by atoms with E-state index in [1.165, 1.54) is 0 Å². The number of nitrogens with zero attached hydrogens (tertiary/aromatic N) is 5. The van der Waals surface area contributed by atoms with Gasteiger partial charge < -0.3 is 14.5 Å². The molecular weight excluding hydrogens is 504 g/mol. The SMILES string of the molecule is CCOc1ccc2[nH]c(=O)c(CN(Cc3ccccc3)[C@@H](CC)c3nnnn3Cc3ccc(OC)cc3)cc2c1. The van der Waals surface area contributed by atoms with E-state index in [2.05, 4.69) is 44.5 Å². The van der Waals surface area contributed by atoms with E-state index in [1.54, 1.807) is 7.11 Å². The van der Waals surface area contributed by atoms with Crippen LogP contribution in [0.4, 0.5) is 0 Å². The molecule has 0 bridgehead atoms. The van der Waals surface area contributed by atoms with Gasteiger partial charge in [0.15, 0.2) is 5.82 Å². The Bertz CT molecular complexity index is 1600. The quantitative estimate of drug-likeness (QED) is 0.235. The smallest absolute Gasteiger partial charge is 0.252 e. The number of H-pyrrole nitrogens is 1. The number of fused-ring (bicyclic) bond motifs is 1. The average molecular weight is 539 g/mol. The zero-order valence-electron chi connectivity index (χ0n) is 23.1. The summed E-state index contributed by atoms with van der Waals surface area (Å²) in [6.07, 6.45) is 0.760. The fourth-order valence-corrected chi connectivity index (χ4v) is 4.99. The van der Waals surface area contributed by atoms with Crippen LogP contribution in [0.3, 0.4) is 0 Å². The molecule has 206 valence electrons. The van der Waals surface area contributed by atoms with E-state index >= 15 is 0 Å². The minimum Gasteiger partial charge on any atom is -0.497 e. The third-order valence-electron chi connectivity index (χ3n) is 6.98. The Morgan fingerprint density at radius 1 is 0.925 bits per heavy atom. The highest BCUT2D eigenvalue weighted by Gasteiger charge is 2.26. The molecule has 9 nitrogen and oxygen atoms in total. The lowest BCUT2D eigenvalue weighted by Gasteiger charge is -2.30. The van der Waals surface area contributed by atoms with Crippen molar-refractivity contribution in [2.75, 3.05) is 13.7 Å². The Morgan fingerprint density at radius 3 is 2.42 bits per heavy atom. The van der Waals surface area contributed by atoms with Gasteiger partial charge in [0.2, 0.25) is 0 Å². The molecule has 5 rings (SSSR count). The summed E-state index contributed by atoms with van der Waals surface area (Å²) in [4.78, 5) is 18.5. The Labute approximate surface area is 233 Å². The predicted molar refractivity (Wildman–Crippen MR) is 154 cm³/mol. The van der Waals surface area contributed by atoms with E-state index in [4.69, 9.17) is 9.47 Å². The van der Waals surface area contributed by atoms with Gasteiger partial charge in [-0.3, -0.25) is 9.69 Å². The number of hydrogen-bond acceptors (Lipinski definition) is 7. The molecule has 0 spiro atoms. The van der Waals surface area contributed by atoms with Crippen molar-refractivity contribution in [2.24, 2.45) is 0 Å². The van der Waals surface area contributed by atoms with Gasteiger partial charge in [-0.2, -0.15) is 0 Å². The maximum absolute atomic E-state index is 13.2. The first kappa shape index (κ1) is 27.1. The number of methoxy groups -OCH3 is 1. The third-order valence-corrected chi connectivity index (χ3v) is 6.98. The number of nitrogens with one attached hydrogen (secondary N) is 1. The molecule has 5 aromatic rings. The van der Waals surface area contributed by atoms with Crippen molar-refractivity contribution in [1.82, 2.24) is 30.1 Å². The Balaban J connectivity index is 1.49. The highest BCUT2D eigenvalue weighted by Crippen LogP contribution is 2.27. The summed E-state index contributed by atoms with van der Waals surface area (Å²) >= 11 is 0. The molecule has 0 unspecified atom stereocenters. The molecule has 3 aromatic carbocycles. The second-order valence-corrected chi connectivity index (χ2v) is 9.66. The van der Waals surface area contributed by atoms with Crippen LogP contribution < -0.4 is 15.0 Å². The summed E-state index contributed by atoms with van der Waals surface area (Å²) in [6.45, 7) is 6.23. The lowest BCUT2D eigenvalue weighted by molar-refractivity contribution is 0.161. The minimum absolute atomic E-state index is 0.109. The zero-order valence-corrected chi connectivity index (χ0v) is 23.1. The summed E-state index contributed by atoms with van der Waals surface area (Å²) in [5.74, 6) is 2.33. The van der Waals surface area contributed by atoms with Crippen molar-refractivity contribution in [1.29, 1.82) is 0 Å². The Morgan fingerprint density at radius 2 is 1.70 bits per heavy atom. The maximum Gasteiger partial charge on any atom is 0.252 e. The molecule has 9 heteroatoms. The van der Waals surface area contributed by atoms with Gasteiger partial charge >= 0.3 is 0 Å². The van der Waals surface area contributed by atoms with Gasteiger partial charge in [0, 0.05) is 29.6 Å². The van der Waals surface area contributed by atoms with E-state index in [0.29, 0.717) is 31.8 Å². The number of rotatable bonds is 12. The van der Waals surface area contributed by atoms with Crippen LogP contribution in [0.2, 0.25) is 0 Å². The first-order valence-corrected chi connectivity index (χ1v) is 13.5. The first-order chi connectivity index (χ1) is 19.6. The van der Waals surface area contributed by atoms with Gasteiger partial charge in [0.25, 0.3) is 5.56 Å². The molecule has 0 aliphatic heterocycles. The number of aromatic amines is 1. The van der Waals surface area contributed by atoms with Crippen molar-refractivity contribution in [3.8, 4) is 11.5 Å². The summed E-state index contributed by atoms with van der Waals surface area (Å²) in [5.41, 5.74) is 3.55. The zero-order chi connectivity index (χ0) is 27.9. The van der Waals surface area contributed by atoms with Crippen molar-refractivity contribution in [3.05, 3.63) is 112 Å². The summed E-state index contributed by atoms with van der Waals surface area (Å²) in [5, 5.41) is 13.7. The van der Waals surface area contributed by atoms with Gasteiger partial charge in [0.05, 0.1) is 26.3 Å². The number of aromatic nitrogens is 5. The molecule has 2 heterocycles. The highest BCUT2D eigenvalue weighted by molar-refractivity contribution is 5.80. The van der Waals surface area contributed by atoms with Crippen molar-refractivity contribution >= 4 is 10.9 Å². The number of hydrogen-bond donors (Lipinski definition) is 1. The van der Waals surface area contributed by atoms with E-state index in [0.717, 1.165) is 45.8 Å². The fraction of sp³-hybridized carbons (Fsp3) is 0.290. The summed E-state index contributed by atoms with van der Waals surface area (Å²) < 4.78 is 12.8. The van der Waals surface area contributed by atoms with Crippen LogP contribution >= 0.6 is 0 Å². The lowest BCUT2D eigenvalue weighted by Crippen LogP contribution is -2.32. The van der Waals surface area contributed by atoms with E-state index in [-0.39, 0.29) is 11.6 Å². The molecule has 0 fully saturated rings. The van der Waals surface area contributed by atoms with Crippen molar-refractivity contribution in [3.63, 3.8) is 0 Å². The number of ether oxygens (including phenoxy) is 2. The van der Waals surface area contributed by atoms with Gasteiger partial charge in [-0.1, -0.05) is 49.4 Å². The molecule has 0 aliphatic carbocycles. The van der Waals surface area contributed by atoms with Gasteiger partial charge in [-0.05, 0) is 71.3 Å². The van der Waals surface area contributed by atoms with Crippen LogP contribution in [-0.2, 0) is 19.6 Å². The van der Waals surface area contributed by atoms with Crippen molar-refractivity contribution < 1.29 is 9.47 Å². The largest absolute Gasteiger partial charge is 0.497 e. The fourth-order valence-electron chi connectivity index (χ4n) is 4.99.